The van der Waals surface area contributed by atoms with Gasteiger partial charge in [-0.1, -0.05) is 11.6 Å². The minimum absolute atomic E-state index is 0.000163. The van der Waals surface area contributed by atoms with Crippen LogP contribution in [0.15, 0.2) is 12.1 Å². The molecule has 1 aromatic rings. The Bertz CT molecular complexity index is 516. The normalized spacial score (nSPS) is 19.5. The highest BCUT2D eigenvalue weighted by atomic mass is 35.5. The number of benzene rings is 1. The first kappa shape index (κ1) is 12.0. The van der Waals surface area contributed by atoms with Crippen molar-refractivity contribution in [2.75, 3.05) is 11.4 Å². The second-order valence-electron chi connectivity index (χ2n) is 4.46. The van der Waals surface area contributed by atoms with Gasteiger partial charge in [-0.15, -0.1) is 12.3 Å². The van der Waals surface area contributed by atoms with Crippen LogP contribution in [-0.2, 0) is 4.79 Å². The summed E-state index contributed by atoms with van der Waals surface area (Å²) in [6, 6.07) is 3.84. The van der Waals surface area contributed by atoms with Crippen LogP contribution in [0.5, 0.6) is 0 Å². The molecular formula is C14H14ClNO. The third-order valence-electron chi connectivity index (χ3n) is 3.21. The molecule has 1 aliphatic heterocycles. The number of hydrogen-bond acceptors (Lipinski definition) is 1. The molecule has 1 amide bonds. The van der Waals surface area contributed by atoms with Gasteiger partial charge in [-0.3, -0.25) is 4.79 Å². The van der Waals surface area contributed by atoms with Crippen molar-refractivity contribution in [2.45, 2.75) is 20.3 Å². The van der Waals surface area contributed by atoms with Gasteiger partial charge < -0.3 is 4.90 Å². The maximum atomic E-state index is 11.9. The van der Waals surface area contributed by atoms with Crippen LogP contribution < -0.4 is 4.90 Å². The molecule has 1 aliphatic rings. The van der Waals surface area contributed by atoms with Crippen molar-refractivity contribution in [3.8, 4) is 12.3 Å². The summed E-state index contributed by atoms with van der Waals surface area (Å²) < 4.78 is 0. The number of terminal acetylenes is 1. The zero-order chi connectivity index (χ0) is 12.6. The van der Waals surface area contributed by atoms with E-state index < -0.39 is 0 Å². The molecule has 1 aromatic carbocycles. The molecule has 2 rings (SSSR count). The third-order valence-corrected chi connectivity index (χ3v) is 3.52. The second-order valence-corrected chi connectivity index (χ2v) is 4.87. The number of carbonyl (C=O) groups excluding carboxylic acids is 1. The van der Waals surface area contributed by atoms with Crippen LogP contribution in [0.4, 0.5) is 5.69 Å². The Kier molecular flexibility index (Phi) is 3.13. The van der Waals surface area contributed by atoms with E-state index in [1.807, 2.05) is 26.0 Å². The quantitative estimate of drug-likeness (QED) is 0.699. The molecule has 0 spiro atoms. The average molecular weight is 248 g/mol. The molecule has 1 saturated heterocycles. The number of aryl methyl sites for hydroxylation is 2. The standard InChI is InChI=1S/C14H14ClNO/c1-4-11-7-14(17)16(8-11)13-6-10(3)9(2)5-12(13)15/h1,5-6,11H,7-8H2,2-3H3. The molecule has 1 atom stereocenters. The topological polar surface area (TPSA) is 20.3 Å². The second kappa shape index (κ2) is 4.43. The van der Waals surface area contributed by atoms with E-state index in [1.165, 1.54) is 0 Å². The van der Waals surface area contributed by atoms with Crippen molar-refractivity contribution in [3.05, 3.63) is 28.3 Å². The fourth-order valence-corrected chi connectivity index (χ4v) is 2.34. The Morgan fingerprint density at radius 1 is 1.41 bits per heavy atom. The molecule has 0 bridgehead atoms. The van der Waals surface area contributed by atoms with Crippen LogP contribution in [-0.4, -0.2) is 12.5 Å². The first-order valence-electron chi connectivity index (χ1n) is 5.56. The fourth-order valence-electron chi connectivity index (χ4n) is 2.02. The van der Waals surface area contributed by atoms with Crippen LogP contribution >= 0.6 is 11.6 Å². The van der Waals surface area contributed by atoms with Gasteiger partial charge in [0.15, 0.2) is 0 Å². The van der Waals surface area contributed by atoms with E-state index in [0.717, 1.165) is 16.8 Å². The lowest BCUT2D eigenvalue weighted by atomic mass is 10.1. The fraction of sp³-hybridized carbons (Fsp3) is 0.357. The molecule has 17 heavy (non-hydrogen) atoms. The lowest BCUT2D eigenvalue weighted by Gasteiger charge is -2.19. The molecule has 3 heteroatoms. The van der Waals surface area contributed by atoms with Gasteiger partial charge in [-0.05, 0) is 37.1 Å². The third kappa shape index (κ3) is 2.16. The summed E-state index contributed by atoms with van der Waals surface area (Å²) in [7, 11) is 0. The number of hydrogen-bond donors (Lipinski definition) is 0. The minimum atomic E-state index is 0.000163. The molecular weight excluding hydrogens is 234 g/mol. The molecule has 88 valence electrons. The SMILES string of the molecule is C#CC1CC(=O)N(c2cc(C)c(C)cc2Cl)C1. The zero-order valence-electron chi connectivity index (χ0n) is 9.96. The summed E-state index contributed by atoms with van der Waals surface area (Å²) in [4.78, 5) is 13.6. The number of halogens is 1. The van der Waals surface area contributed by atoms with Crippen molar-refractivity contribution >= 4 is 23.2 Å². The van der Waals surface area contributed by atoms with E-state index in [-0.39, 0.29) is 11.8 Å². The molecule has 1 unspecified atom stereocenters. The first-order chi connectivity index (χ1) is 8.02. The largest absolute Gasteiger partial charge is 0.310 e. The predicted molar refractivity (Wildman–Crippen MR) is 70.2 cm³/mol. The van der Waals surface area contributed by atoms with Crippen molar-refractivity contribution in [2.24, 2.45) is 5.92 Å². The van der Waals surface area contributed by atoms with E-state index >= 15 is 0 Å². The van der Waals surface area contributed by atoms with Crippen LogP contribution in [0, 0.1) is 32.1 Å². The van der Waals surface area contributed by atoms with Crippen LogP contribution in [0.2, 0.25) is 5.02 Å². The van der Waals surface area contributed by atoms with Crippen LogP contribution in [0.25, 0.3) is 0 Å². The van der Waals surface area contributed by atoms with Crippen molar-refractivity contribution in [1.82, 2.24) is 0 Å². The Hall–Kier alpha value is -1.46. The van der Waals surface area contributed by atoms with Gasteiger partial charge in [-0.2, -0.15) is 0 Å². The van der Waals surface area contributed by atoms with Crippen molar-refractivity contribution in [1.29, 1.82) is 0 Å². The highest BCUT2D eigenvalue weighted by Crippen LogP contribution is 2.33. The molecule has 0 saturated carbocycles. The minimum Gasteiger partial charge on any atom is -0.310 e. The Morgan fingerprint density at radius 2 is 2.06 bits per heavy atom. The smallest absolute Gasteiger partial charge is 0.228 e. The van der Waals surface area contributed by atoms with Gasteiger partial charge in [0.1, 0.15) is 0 Å². The predicted octanol–water partition coefficient (Wildman–Crippen LogP) is 2.94. The monoisotopic (exact) mass is 247 g/mol. The molecule has 2 nitrogen and oxygen atoms in total. The Labute approximate surface area is 107 Å². The average Bonchev–Trinajstić information content (AvgIpc) is 2.65. The van der Waals surface area contributed by atoms with E-state index in [0.29, 0.717) is 18.0 Å². The van der Waals surface area contributed by atoms with E-state index in [9.17, 15) is 4.79 Å². The number of anilines is 1. The maximum Gasteiger partial charge on any atom is 0.228 e. The lowest BCUT2D eigenvalue weighted by molar-refractivity contribution is -0.117. The number of amides is 1. The molecule has 0 aromatic heterocycles. The molecule has 1 heterocycles. The summed E-state index contributed by atoms with van der Waals surface area (Å²) in [5.41, 5.74) is 3.03. The zero-order valence-corrected chi connectivity index (χ0v) is 10.7. The Morgan fingerprint density at radius 3 is 2.65 bits per heavy atom. The Balaban J connectivity index is 2.39. The number of rotatable bonds is 1. The summed E-state index contributed by atoms with van der Waals surface area (Å²) in [6.07, 6.45) is 5.78. The first-order valence-corrected chi connectivity index (χ1v) is 5.94. The molecule has 0 radical (unpaired) electrons. The van der Waals surface area contributed by atoms with Crippen LogP contribution in [0.1, 0.15) is 17.5 Å². The van der Waals surface area contributed by atoms with Gasteiger partial charge in [0.25, 0.3) is 0 Å². The highest BCUT2D eigenvalue weighted by Gasteiger charge is 2.30. The van der Waals surface area contributed by atoms with E-state index in [4.69, 9.17) is 18.0 Å². The van der Waals surface area contributed by atoms with Crippen molar-refractivity contribution in [3.63, 3.8) is 0 Å². The van der Waals surface area contributed by atoms with Crippen LogP contribution in [0.3, 0.4) is 0 Å². The number of nitrogens with zero attached hydrogens (tertiary/aromatic N) is 1. The molecule has 0 aliphatic carbocycles. The number of carbonyl (C=O) groups is 1. The van der Waals surface area contributed by atoms with Gasteiger partial charge in [0.05, 0.1) is 10.7 Å². The lowest BCUT2D eigenvalue weighted by Crippen LogP contribution is -2.24. The van der Waals surface area contributed by atoms with Gasteiger partial charge in [0, 0.05) is 18.9 Å². The van der Waals surface area contributed by atoms with E-state index in [2.05, 4.69) is 5.92 Å². The molecule has 1 fully saturated rings. The highest BCUT2D eigenvalue weighted by molar-refractivity contribution is 6.34. The summed E-state index contributed by atoms with van der Waals surface area (Å²) in [5.74, 6) is 2.69. The maximum absolute atomic E-state index is 11.9. The van der Waals surface area contributed by atoms with Gasteiger partial charge in [-0.25, -0.2) is 0 Å². The summed E-state index contributed by atoms with van der Waals surface area (Å²) in [5, 5.41) is 0.610. The van der Waals surface area contributed by atoms with Gasteiger partial charge >= 0.3 is 0 Å². The summed E-state index contributed by atoms with van der Waals surface area (Å²) >= 11 is 6.19. The summed E-state index contributed by atoms with van der Waals surface area (Å²) in [6.45, 7) is 4.58. The van der Waals surface area contributed by atoms with Crippen molar-refractivity contribution < 1.29 is 4.79 Å². The van der Waals surface area contributed by atoms with E-state index in [1.54, 1.807) is 4.90 Å². The van der Waals surface area contributed by atoms with Gasteiger partial charge in [0.2, 0.25) is 5.91 Å². The molecule has 0 N–H and O–H groups in total.